The molecule has 3 rings (SSSR count). The summed E-state index contributed by atoms with van der Waals surface area (Å²) in [4.78, 5) is 3.86. The smallest absolute Gasteiger partial charge is 0.213 e. The normalized spacial score (nSPS) is 18.0. The average Bonchev–Trinajstić information content (AvgIpc) is 2.96. The van der Waals surface area contributed by atoms with Gasteiger partial charge in [0.15, 0.2) is 0 Å². The fraction of sp³-hybridized carbons (Fsp3) is 0.250. The van der Waals surface area contributed by atoms with Crippen LogP contribution in [0, 0.1) is 5.95 Å². The van der Waals surface area contributed by atoms with Crippen LogP contribution in [0.4, 0.5) is 4.39 Å². The molecule has 0 atom stereocenters. The molecule has 1 aliphatic rings. The summed E-state index contributed by atoms with van der Waals surface area (Å²) in [7, 11) is 0. The van der Waals surface area contributed by atoms with E-state index in [1.165, 1.54) is 6.07 Å². The quantitative estimate of drug-likeness (QED) is 0.721. The minimum absolute atomic E-state index is 0.195. The molecule has 2 aromatic rings. The van der Waals surface area contributed by atoms with E-state index in [1.807, 2.05) is 18.2 Å². The molecule has 0 aliphatic heterocycles. The number of nitrogens with two attached hydrogens (primary N) is 1. The molecule has 0 spiro atoms. The highest BCUT2D eigenvalue weighted by atomic mass is 19.1. The zero-order valence-corrected chi connectivity index (χ0v) is 8.20. The van der Waals surface area contributed by atoms with Crippen molar-refractivity contribution in [2.24, 2.45) is 5.73 Å². The number of halogens is 1. The lowest BCUT2D eigenvalue weighted by Crippen LogP contribution is -2.19. The maximum atomic E-state index is 12.9. The van der Waals surface area contributed by atoms with Crippen LogP contribution in [-0.2, 0) is 5.54 Å². The van der Waals surface area contributed by atoms with Gasteiger partial charge >= 0.3 is 0 Å². The van der Waals surface area contributed by atoms with E-state index in [9.17, 15) is 4.39 Å². The Morgan fingerprint density at radius 1 is 1.20 bits per heavy atom. The first-order valence-electron chi connectivity index (χ1n) is 5.04. The van der Waals surface area contributed by atoms with Crippen LogP contribution in [0.25, 0.3) is 10.9 Å². The predicted octanol–water partition coefficient (Wildman–Crippen LogP) is 2.32. The molecule has 0 amide bonds. The number of benzene rings is 1. The standard InChI is InChI=1S/C12H11FN2/c13-11-5-4-8-9(12(14)6-7-12)2-1-3-10(8)15-11/h1-5H,6-7,14H2. The Labute approximate surface area is 86.9 Å². The van der Waals surface area contributed by atoms with Gasteiger partial charge in [0.2, 0.25) is 5.95 Å². The van der Waals surface area contributed by atoms with Gasteiger partial charge in [0.05, 0.1) is 5.52 Å². The van der Waals surface area contributed by atoms with Crippen LogP contribution in [0.15, 0.2) is 30.3 Å². The van der Waals surface area contributed by atoms with Gasteiger partial charge in [0.25, 0.3) is 0 Å². The third-order valence-electron chi connectivity index (χ3n) is 3.02. The third kappa shape index (κ3) is 1.31. The monoisotopic (exact) mass is 202 g/mol. The molecular formula is C12H11FN2. The van der Waals surface area contributed by atoms with Crippen molar-refractivity contribution in [1.29, 1.82) is 0 Å². The van der Waals surface area contributed by atoms with Crippen molar-refractivity contribution in [2.75, 3.05) is 0 Å². The lowest BCUT2D eigenvalue weighted by molar-refractivity contribution is 0.589. The first-order valence-corrected chi connectivity index (χ1v) is 5.04. The first-order chi connectivity index (χ1) is 7.19. The Morgan fingerprint density at radius 2 is 2.00 bits per heavy atom. The molecule has 3 heteroatoms. The van der Waals surface area contributed by atoms with Gasteiger partial charge in [-0.1, -0.05) is 12.1 Å². The minimum atomic E-state index is -0.443. The highest BCUT2D eigenvalue weighted by Gasteiger charge is 2.40. The fourth-order valence-corrected chi connectivity index (χ4v) is 1.97. The van der Waals surface area contributed by atoms with E-state index >= 15 is 0 Å². The van der Waals surface area contributed by atoms with Gasteiger partial charge in [-0.2, -0.15) is 4.39 Å². The second-order valence-electron chi connectivity index (χ2n) is 4.16. The number of rotatable bonds is 1. The van der Waals surface area contributed by atoms with Gasteiger partial charge in [0.1, 0.15) is 0 Å². The molecule has 0 radical (unpaired) electrons. The average molecular weight is 202 g/mol. The van der Waals surface area contributed by atoms with Gasteiger partial charge < -0.3 is 5.73 Å². The van der Waals surface area contributed by atoms with E-state index in [0.29, 0.717) is 5.52 Å². The van der Waals surface area contributed by atoms with Crippen molar-refractivity contribution in [2.45, 2.75) is 18.4 Å². The van der Waals surface area contributed by atoms with Gasteiger partial charge in [-0.15, -0.1) is 0 Å². The van der Waals surface area contributed by atoms with Gasteiger partial charge in [-0.05, 0) is 36.6 Å². The number of aromatic nitrogens is 1. The minimum Gasteiger partial charge on any atom is -0.321 e. The van der Waals surface area contributed by atoms with Crippen LogP contribution in [0.3, 0.4) is 0 Å². The Balaban J connectivity index is 2.31. The summed E-state index contributed by atoms with van der Waals surface area (Å²) in [6, 6.07) is 8.86. The van der Waals surface area contributed by atoms with Crippen LogP contribution < -0.4 is 5.73 Å². The van der Waals surface area contributed by atoms with Crippen LogP contribution in [0.2, 0.25) is 0 Å². The van der Waals surface area contributed by atoms with Crippen LogP contribution >= 0.6 is 0 Å². The van der Waals surface area contributed by atoms with Gasteiger partial charge in [0, 0.05) is 10.9 Å². The van der Waals surface area contributed by atoms with Crippen LogP contribution in [-0.4, -0.2) is 4.98 Å². The molecule has 1 aromatic carbocycles. The van der Waals surface area contributed by atoms with Crippen molar-refractivity contribution in [3.8, 4) is 0 Å². The number of hydrogen-bond acceptors (Lipinski definition) is 2. The van der Waals surface area contributed by atoms with Crippen molar-refractivity contribution in [3.05, 3.63) is 41.8 Å². The summed E-state index contributed by atoms with van der Waals surface area (Å²) >= 11 is 0. The summed E-state index contributed by atoms with van der Waals surface area (Å²) in [6.07, 6.45) is 2.01. The number of hydrogen-bond donors (Lipinski definition) is 1. The van der Waals surface area contributed by atoms with Crippen LogP contribution in [0.5, 0.6) is 0 Å². The molecule has 1 aromatic heterocycles. The van der Waals surface area contributed by atoms with Gasteiger partial charge in [-0.3, -0.25) is 0 Å². The molecule has 0 bridgehead atoms. The molecule has 76 valence electrons. The van der Waals surface area contributed by atoms with E-state index in [4.69, 9.17) is 5.73 Å². The molecule has 15 heavy (non-hydrogen) atoms. The van der Waals surface area contributed by atoms with Crippen molar-refractivity contribution >= 4 is 10.9 Å². The van der Waals surface area contributed by atoms with E-state index in [0.717, 1.165) is 23.8 Å². The van der Waals surface area contributed by atoms with E-state index in [2.05, 4.69) is 4.98 Å². The van der Waals surface area contributed by atoms with Crippen LogP contribution in [0.1, 0.15) is 18.4 Å². The number of pyridine rings is 1. The van der Waals surface area contributed by atoms with Crippen molar-refractivity contribution in [1.82, 2.24) is 4.98 Å². The Morgan fingerprint density at radius 3 is 2.73 bits per heavy atom. The summed E-state index contributed by atoms with van der Waals surface area (Å²) in [5.74, 6) is -0.443. The topological polar surface area (TPSA) is 38.9 Å². The Bertz CT molecular complexity index is 532. The molecule has 2 N–H and O–H groups in total. The molecule has 1 heterocycles. The second kappa shape index (κ2) is 2.76. The maximum Gasteiger partial charge on any atom is 0.213 e. The molecule has 2 nitrogen and oxygen atoms in total. The number of nitrogens with zero attached hydrogens (tertiary/aromatic N) is 1. The molecule has 1 saturated carbocycles. The Hall–Kier alpha value is -1.48. The largest absolute Gasteiger partial charge is 0.321 e. The summed E-state index contributed by atoms with van der Waals surface area (Å²) in [5, 5.41) is 0.971. The molecule has 1 aliphatic carbocycles. The first kappa shape index (κ1) is 8.80. The maximum absolute atomic E-state index is 12.9. The Kier molecular flexibility index (Phi) is 1.62. The molecule has 1 fully saturated rings. The zero-order valence-electron chi connectivity index (χ0n) is 8.20. The van der Waals surface area contributed by atoms with E-state index in [1.54, 1.807) is 6.07 Å². The van der Waals surface area contributed by atoms with Gasteiger partial charge in [-0.25, -0.2) is 4.98 Å². The molecule has 0 saturated heterocycles. The SMILES string of the molecule is NC1(c2cccc3nc(F)ccc23)CC1. The van der Waals surface area contributed by atoms with Crippen molar-refractivity contribution < 1.29 is 4.39 Å². The van der Waals surface area contributed by atoms with E-state index in [-0.39, 0.29) is 5.54 Å². The lowest BCUT2D eigenvalue weighted by atomic mass is 10.0. The zero-order chi connectivity index (χ0) is 10.5. The summed E-state index contributed by atoms with van der Waals surface area (Å²) in [6.45, 7) is 0. The number of fused-ring (bicyclic) bond motifs is 1. The summed E-state index contributed by atoms with van der Waals surface area (Å²) in [5.41, 5.74) is 7.73. The molecular weight excluding hydrogens is 191 g/mol. The fourth-order valence-electron chi connectivity index (χ4n) is 1.97. The molecule has 0 unspecified atom stereocenters. The third-order valence-corrected chi connectivity index (χ3v) is 3.02. The summed E-state index contributed by atoms with van der Waals surface area (Å²) < 4.78 is 12.9. The predicted molar refractivity (Wildman–Crippen MR) is 56.8 cm³/mol. The highest BCUT2D eigenvalue weighted by Crippen LogP contribution is 2.44. The lowest BCUT2D eigenvalue weighted by Gasteiger charge is -2.11. The van der Waals surface area contributed by atoms with Crippen molar-refractivity contribution in [3.63, 3.8) is 0 Å². The highest BCUT2D eigenvalue weighted by molar-refractivity contribution is 5.83. The van der Waals surface area contributed by atoms with E-state index < -0.39 is 5.95 Å². The second-order valence-corrected chi connectivity index (χ2v) is 4.16.